The zero-order valence-corrected chi connectivity index (χ0v) is 13.5. The highest BCUT2D eigenvalue weighted by Gasteiger charge is 2.29. The van der Waals surface area contributed by atoms with Crippen molar-refractivity contribution < 1.29 is 4.79 Å². The summed E-state index contributed by atoms with van der Waals surface area (Å²) in [5.74, 6) is 0.577. The number of piperazine rings is 1. The van der Waals surface area contributed by atoms with E-state index in [1.165, 1.54) is 0 Å². The van der Waals surface area contributed by atoms with Gasteiger partial charge in [0.15, 0.2) is 5.82 Å². The molecule has 2 amide bonds. The van der Waals surface area contributed by atoms with E-state index in [0.717, 1.165) is 22.2 Å². The maximum atomic E-state index is 11.9. The van der Waals surface area contributed by atoms with Crippen molar-refractivity contribution in [1.29, 1.82) is 0 Å². The molecule has 8 nitrogen and oxygen atoms in total. The van der Waals surface area contributed by atoms with Crippen LogP contribution in [0.25, 0.3) is 22.3 Å². The number of hydrogen-bond acceptors (Lipinski definition) is 6. The molecule has 3 N–H and O–H groups in total. The predicted octanol–water partition coefficient (Wildman–Crippen LogP) is 1.11. The van der Waals surface area contributed by atoms with Crippen LogP contribution in [0.15, 0.2) is 43.0 Å². The van der Waals surface area contributed by atoms with E-state index in [4.69, 9.17) is 10.7 Å². The largest absolute Gasteiger partial charge is 0.351 e. The summed E-state index contributed by atoms with van der Waals surface area (Å²) in [5, 5.41) is 4.17. The van der Waals surface area contributed by atoms with E-state index >= 15 is 0 Å². The lowest BCUT2D eigenvalue weighted by Gasteiger charge is -2.35. The summed E-state index contributed by atoms with van der Waals surface area (Å²) in [6, 6.07) is 4.88. The van der Waals surface area contributed by atoms with Crippen molar-refractivity contribution in [3.05, 3.63) is 48.7 Å². The molecule has 0 radical (unpaired) electrons. The fraction of sp³-hybridized carbons (Fsp3) is 0.235. The molecule has 1 aliphatic heterocycles. The fourth-order valence-electron chi connectivity index (χ4n) is 3.10. The molecule has 0 aliphatic carbocycles. The second-order valence-electron chi connectivity index (χ2n) is 5.81. The molecule has 1 aliphatic rings. The van der Waals surface area contributed by atoms with Crippen molar-refractivity contribution >= 4 is 16.9 Å². The molecule has 1 saturated heterocycles. The Labute approximate surface area is 144 Å². The number of pyridine rings is 2. The Morgan fingerprint density at radius 2 is 1.96 bits per heavy atom. The minimum atomic E-state index is -0.447. The molecule has 25 heavy (non-hydrogen) atoms. The summed E-state index contributed by atoms with van der Waals surface area (Å²) in [4.78, 5) is 31.1. The third-order valence-electron chi connectivity index (χ3n) is 4.31. The molecular formula is C17H17N7O. The molecule has 1 fully saturated rings. The second-order valence-corrected chi connectivity index (χ2v) is 5.81. The Morgan fingerprint density at radius 1 is 1.16 bits per heavy atom. The van der Waals surface area contributed by atoms with Crippen LogP contribution >= 0.6 is 0 Å². The number of fused-ring (bicyclic) bond motifs is 1. The third kappa shape index (κ3) is 2.87. The number of carbonyl (C=O) groups is 1. The van der Waals surface area contributed by atoms with Gasteiger partial charge in [0.25, 0.3) is 0 Å². The first-order valence-corrected chi connectivity index (χ1v) is 8.03. The van der Waals surface area contributed by atoms with Crippen LogP contribution in [0.1, 0.15) is 11.7 Å². The average Bonchev–Trinajstić information content (AvgIpc) is 2.68. The minimum absolute atomic E-state index is 0.250. The van der Waals surface area contributed by atoms with Crippen molar-refractivity contribution in [1.82, 2.24) is 30.2 Å². The summed E-state index contributed by atoms with van der Waals surface area (Å²) in [7, 11) is 0. The molecule has 8 heteroatoms. The molecule has 1 unspecified atom stereocenters. The number of urea groups is 1. The molecule has 126 valence electrons. The summed E-state index contributed by atoms with van der Waals surface area (Å²) < 4.78 is 0. The van der Waals surface area contributed by atoms with Gasteiger partial charge in [-0.25, -0.2) is 14.8 Å². The monoisotopic (exact) mass is 335 g/mol. The Hall–Kier alpha value is -3.13. The molecule has 0 saturated carbocycles. The van der Waals surface area contributed by atoms with Gasteiger partial charge in [-0.15, -0.1) is 0 Å². The maximum absolute atomic E-state index is 11.9. The van der Waals surface area contributed by atoms with Gasteiger partial charge < -0.3 is 16.0 Å². The van der Waals surface area contributed by atoms with E-state index in [-0.39, 0.29) is 6.04 Å². The number of primary amides is 1. The van der Waals surface area contributed by atoms with Crippen LogP contribution in [0.3, 0.4) is 0 Å². The molecule has 3 aromatic heterocycles. The van der Waals surface area contributed by atoms with Crippen LogP contribution in [0, 0.1) is 0 Å². The third-order valence-corrected chi connectivity index (χ3v) is 4.31. The number of rotatable bonds is 2. The van der Waals surface area contributed by atoms with Gasteiger partial charge in [-0.3, -0.25) is 9.97 Å². The number of nitrogens with zero attached hydrogens (tertiary/aromatic N) is 5. The van der Waals surface area contributed by atoms with E-state index in [1.807, 2.05) is 18.2 Å². The van der Waals surface area contributed by atoms with Crippen LogP contribution in [-0.4, -0.2) is 50.5 Å². The Bertz CT molecular complexity index is 915. The summed E-state index contributed by atoms with van der Waals surface area (Å²) in [6.45, 7) is 1.84. The summed E-state index contributed by atoms with van der Waals surface area (Å²) >= 11 is 0. The molecule has 4 rings (SSSR count). The van der Waals surface area contributed by atoms with Crippen LogP contribution in [0.5, 0.6) is 0 Å². The van der Waals surface area contributed by atoms with Crippen molar-refractivity contribution in [2.24, 2.45) is 5.73 Å². The van der Waals surface area contributed by atoms with Gasteiger partial charge >= 0.3 is 6.03 Å². The van der Waals surface area contributed by atoms with Crippen molar-refractivity contribution in [2.45, 2.75) is 6.04 Å². The van der Waals surface area contributed by atoms with Gasteiger partial charge in [0.1, 0.15) is 0 Å². The standard InChI is InChI=1S/C17H17N7O/c18-17(25)24-8-7-21-10-14(24)15-12-3-6-20-9-13(12)22-16(23-15)11-1-4-19-5-2-11/h1-6,9,14,21H,7-8,10H2,(H2,18,25). The SMILES string of the molecule is NC(=O)N1CCNCC1c1nc(-c2ccncc2)nc2cnccc12. The molecule has 1 atom stereocenters. The number of nitrogens with one attached hydrogen (secondary N) is 1. The average molecular weight is 335 g/mol. The lowest BCUT2D eigenvalue weighted by molar-refractivity contribution is 0.166. The van der Waals surface area contributed by atoms with E-state index in [0.29, 0.717) is 25.5 Å². The van der Waals surface area contributed by atoms with Crippen LogP contribution in [-0.2, 0) is 0 Å². The first kappa shape index (κ1) is 15.4. The van der Waals surface area contributed by atoms with E-state index < -0.39 is 6.03 Å². The van der Waals surface area contributed by atoms with E-state index in [1.54, 1.807) is 29.7 Å². The zero-order valence-electron chi connectivity index (χ0n) is 13.5. The highest BCUT2D eigenvalue weighted by molar-refractivity contribution is 5.83. The molecule has 4 heterocycles. The van der Waals surface area contributed by atoms with Gasteiger partial charge in [-0.1, -0.05) is 0 Å². The van der Waals surface area contributed by atoms with Crippen molar-refractivity contribution in [3.8, 4) is 11.4 Å². The number of carbonyl (C=O) groups excluding carboxylic acids is 1. The quantitative estimate of drug-likeness (QED) is 0.726. The number of aromatic nitrogens is 4. The first-order valence-electron chi connectivity index (χ1n) is 8.03. The first-order chi connectivity index (χ1) is 12.2. The number of nitrogens with two attached hydrogens (primary N) is 1. The highest BCUT2D eigenvalue weighted by Crippen LogP contribution is 2.29. The predicted molar refractivity (Wildman–Crippen MR) is 92.5 cm³/mol. The molecule has 3 aromatic rings. The van der Waals surface area contributed by atoms with Crippen molar-refractivity contribution in [2.75, 3.05) is 19.6 Å². The van der Waals surface area contributed by atoms with Crippen LogP contribution in [0.4, 0.5) is 4.79 Å². The lowest BCUT2D eigenvalue weighted by Crippen LogP contribution is -2.50. The van der Waals surface area contributed by atoms with E-state index in [2.05, 4.69) is 20.3 Å². The van der Waals surface area contributed by atoms with Crippen molar-refractivity contribution in [3.63, 3.8) is 0 Å². The molecular weight excluding hydrogens is 318 g/mol. The lowest BCUT2D eigenvalue weighted by atomic mass is 10.0. The Morgan fingerprint density at radius 3 is 2.76 bits per heavy atom. The topological polar surface area (TPSA) is 110 Å². The van der Waals surface area contributed by atoms with Gasteiger partial charge in [-0.05, 0) is 18.2 Å². The van der Waals surface area contributed by atoms with E-state index in [9.17, 15) is 4.79 Å². The maximum Gasteiger partial charge on any atom is 0.315 e. The molecule has 0 bridgehead atoms. The van der Waals surface area contributed by atoms with Gasteiger partial charge in [-0.2, -0.15) is 0 Å². The van der Waals surface area contributed by atoms with Gasteiger partial charge in [0.2, 0.25) is 0 Å². The van der Waals surface area contributed by atoms with Gasteiger partial charge in [0, 0.05) is 49.2 Å². The minimum Gasteiger partial charge on any atom is -0.351 e. The number of hydrogen-bond donors (Lipinski definition) is 2. The zero-order chi connectivity index (χ0) is 17.2. The summed E-state index contributed by atoms with van der Waals surface area (Å²) in [6.07, 6.45) is 6.80. The number of amides is 2. The fourth-order valence-corrected chi connectivity index (χ4v) is 3.10. The van der Waals surface area contributed by atoms with Crippen LogP contribution < -0.4 is 11.1 Å². The summed E-state index contributed by atoms with van der Waals surface area (Å²) in [5.41, 5.74) is 7.94. The normalized spacial score (nSPS) is 17.6. The van der Waals surface area contributed by atoms with Crippen LogP contribution in [0.2, 0.25) is 0 Å². The Balaban J connectivity index is 1.91. The smallest absolute Gasteiger partial charge is 0.315 e. The molecule has 0 aromatic carbocycles. The van der Waals surface area contributed by atoms with Gasteiger partial charge in [0.05, 0.1) is 23.4 Å². The molecule has 0 spiro atoms. The second kappa shape index (κ2) is 6.40. The Kier molecular flexibility index (Phi) is 3.95. The highest BCUT2D eigenvalue weighted by atomic mass is 16.2.